The highest BCUT2D eigenvalue weighted by molar-refractivity contribution is 7.22. The second-order valence-electron chi connectivity index (χ2n) is 4.52. The zero-order valence-corrected chi connectivity index (χ0v) is 12.8. The largest absolute Gasteiger partial charge is 0.399 e. The van der Waals surface area contributed by atoms with Crippen molar-refractivity contribution in [1.82, 2.24) is 9.55 Å². The minimum absolute atomic E-state index is 0.00771. The summed E-state index contributed by atoms with van der Waals surface area (Å²) in [5.74, 6) is -0.273. The van der Waals surface area contributed by atoms with Gasteiger partial charge >= 0.3 is 4.87 Å². The van der Waals surface area contributed by atoms with E-state index in [1.165, 1.54) is 15.9 Å². The van der Waals surface area contributed by atoms with Crippen LogP contribution in [0.3, 0.4) is 0 Å². The Morgan fingerprint density at radius 2 is 2.29 bits per heavy atom. The molecular formula is C13H12N4O2S2. The van der Waals surface area contributed by atoms with E-state index in [0.29, 0.717) is 10.8 Å². The number of anilines is 2. The number of hydrogen-bond donors (Lipinski definition) is 2. The Hall–Kier alpha value is -2.19. The van der Waals surface area contributed by atoms with Crippen molar-refractivity contribution in [2.45, 2.75) is 13.5 Å². The quantitative estimate of drug-likeness (QED) is 0.723. The molecule has 0 saturated carbocycles. The van der Waals surface area contributed by atoms with Crippen molar-refractivity contribution in [3.63, 3.8) is 0 Å². The van der Waals surface area contributed by atoms with E-state index in [0.717, 1.165) is 27.2 Å². The van der Waals surface area contributed by atoms with Gasteiger partial charge in [0, 0.05) is 16.8 Å². The normalized spacial score (nSPS) is 10.9. The van der Waals surface area contributed by atoms with E-state index in [1.807, 2.05) is 12.1 Å². The first-order valence-corrected chi connectivity index (χ1v) is 7.83. The second-order valence-corrected chi connectivity index (χ2v) is 6.37. The summed E-state index contributed by atoms with van der Waals surface area (Å²) in [4.78, 5) is 27.8. The fourth-order valence-corrected chi connectivity index (χ4v) is 3.56. The summed E-state index contributed by atoms with van der Waals surface area (Å²) in [5.41, 5.74) is 7.93. The highest BCUT2D eigenvalue weighted by Gasteiger charge is 2.11. The average molecular weight is 320 g/mol. The van der Waals surface area contributed by atoms with Crippen LogP contribution in [0.15, 0.2) is 28.4 Å². The molecule has 6 nitrogen and oxygen atoms in total. The van der Waals surface area contributed by atoms with Crippen molar-refractivity contribution in [1.29, 1.82) is 0 Å². The van der Waals surface area contributed by atoms with Crippen LogP contribution in [-0.4, -0.2) is 15.5 Å². The number of fused-ring (bicyclic) bond motifs is 1. The molecule has 0 spiro atoms. The number of hydrogen-bond acceptors (Lipinski definition) is 6. The van der Waals surface area contributed by atoms with Gasteiger partial charge in [-0.1, -0.05) is 22.7 Å². The van der Waals surface area contributed by atoms with Gasteiger partial charge in [-0.3, -0.25) is 14.2 Å². The van der Waals surface area contributed by atoms with Gasteiger partial charge < -0.3 is 11.1 Å². The van der Waals surface area contributed by atoms with E-state index in [2.05, 4.69) is 10.3 Å². The highest BCUT2D eigenvalue weighted by Crippen LogP contribution is 2.27. The Balaban J connectivity index is 1.78. The van der Waals surface area contributed by atoms with Crippen LogP contribution in [0.25, 0.3) is 10.2 Å². The van der Waals surface area contributed by atoms with Crippen LogP contribution in [0.1, 0.15) is 5.69 Å². The van der Waals surface area contributed by atoms with Gasteiger partial charge in [-0.25, -0.2) is 4.98 Å². The summed E-state index contributed by atoms with van der Waals surface area (Å²) in [7, 11) is 0. The summed E-state index contributed by atoms with van der Waals surface area (Å²) < 4.78 is 2.35. The average Bonchev–Trinajstić information content (AvgIpc) is 2.95. The number of nitrogens with two attached hydrogens (primary N) is 1. The molecule has 0 aliphatic rings. The molecule has 0 aliphatic heterocycles. The van der Waals surface area contributed by atoms with E-state index in [4.69, 9.17) is 5.73 Å². The molecule has 2 heterocycles. The zero-order chi connectivity index (χ0) is 15.0. The van der Waals surface area contributed by atoms with Crippen LogP contribution in [-0.2, 0) is 11.3 Å². The van der Waals surface area contributed by atoms with Crippen LogP contribution in [0.2, 0.25) is 0 Å². The number of carbonyl (C=O) groups excluding carboxylic acids is 1. The number of benzene rings is 1. The molecule has 8 heteroatoms. The first kappa shape index (κ1) is 13.8. The lowest BCUT2D eigenvalue weighted by atomic mass is 10.3. The van der Waals surface area contributed by atoms with Crippen molar-refractivity contribution in [3.8, 4) is 0 Å². The molecule has 0 bridgehead atoms. The molecule has 21 heavy (non-hydrogen) atoms. The van der Waals surface area contributed by atoms with Gasteiger partial charge in [0.2, 0.25) is 5.91 Å². The monoisotopic (exact) mass is 320 g/mol. The number of carbonyl (C=O) groups is 1. The second kappa shape index (κ2) is 5.30. The minimum Gasteiger partial charge on any atom is -0.399 e. The molecule has 0 aliphatic carbocycles. The van der Waals surface area contributed by atoms with Crippen molar-refractivity contribution < 1.29 is 4.79 Å². The van der Waals surface area contributed by atoms with Gasteiger partial charge in [0.15, 0.2) is 5.13 Å². The van der Waals surface area contributed by atoms with Crippen LogP contribution in [0, 0.1) is 6.92 Å². The maximum Gasteiger partial charge on any atom is 0.307 e. The van der Waals surface area contributed by atoms with Crippen molar-refractivity contribution in [3.05, 3.63) is 38.9 Å². The number of aromatic nitrogens is 2. The van der Waals surface area contributed by atoms with Crippen molar-refractivity contribution in [2.75, 3.05) is 11.1 Å². The number of amides is 1. The third-order valence-electron chi connectivity index (χ3n) is 2.94. The summed E-state index contributed by atoms with van der Waals surface area (Å²) >= 11 is 2.44. The molecule has 3 N–H and O–H groups in total. The topological polar surface area (TPSA) is 90.0 Å². The lowest BCUT2D eigenvalue weighted by Gasteiger charge is -2.03. The van der Waals surface area contributed by atoms with E-state index >= 15 is 0 Å². The third kappa shape index (κ3) is 2.81. The number of nitrogens with one attached hydrogen (secondary N) is 1. The van der Waals surface area contributed by atoms with Gasteiger partial charge in [-0.05, 0) is 25.1 Å². The SMILES string of the molecule is Cc1csc(=O)n1CC(=O)Nc1nc2ccc(N)cc2s1. The Labute approximate surface area is 127 Å². The number of nitrogen functional groups attached to an aromatic ring is 1. The molecule has 0 radical (unpaired) electrons. The number of aryl methyl sites for hydroxylation is 1. The minimum atomic E-state index is -0.273. The Morgan fingerprint density at radius 3 is 3.00 bits per heavy atom. The van der Waals surface area contributed by atoms with Gasteiger partial charge in [-0.15, -0.1) is 0 Å². The molecule has 3 rings (SSSR count). The molecule has 108 valence electrons. The molecule has 0 fully saturated rings. The fraction of sp³-hybridized carbons (Fsp3) is 0.154. The van der Waals surface area contributed by atoms with E-state index in [9.17, 15) is 9.59 Å². The standard InChI is InChI=1S/C13H12N4O2S2/c1-7-6-20-13(19)17(7)5-11(18)16-12-15-9-3-2-8(14)4-10(9)21-12/h2-4,6H,5,14H2,1H3,(H,15,16,18). The lowest BCUT2D eigenvalue weighted by Crippen LogP contribution is -2.25. The fourth-order valence-electron chi connectivity index (χ4n) is 1.89. The van der Waals surface area contributed by atoms with Gasteiger partial charge in [0.1, 0.15) is 6.54 Å². The predicted octanol–water partition coefficient (Wildman–Crippen LogP) is 2.05. The number of thiazole rings is 2. The molecule has 1 aromatic carbocycles. The molecular weight excluding hydrogens is 308 g/mol. The van der Waals surface area contributed by atoms with Crippen molar-refractivity contribution in [2.24, 2.45) is 0 Å². The van der Waals surface area contributed by atoms with Crippen LogP contribution < -0.4 is 15.9 Å². The summed E-state index contributed by atoms with van der Waals surface area (Å²) in [6.07, 6.45) is 0. The van der Waals surface area contributed by atoms with E-state index < -0.39 is 0 Å². The third-order valence-corrected chi connectivity index (χ3v) is 4.75. The Morgan fingerprint density at radius 1 is 1.48 bits per heavy atom. The van der Waals surface area contributed by atoms with Crippen LogP contribution in [0.5, 0.6) is 0 Å². The van der Waals surface area contributed by atoms with Crippen LogP contribution >= 0.6 is 22.7 Å². The zero-order valence-electron chi connectivity index (χ0n) is 11.1. The van der Waals surface area contributed by atoms with Crippen molar-refractivity contribution >= 4 is 49.6 Å². The first-order chi connectivity index (χ1) is 10.0. The van der Waals surface area contributed by atoms with Gasteiger partial charge in [0.25, 0.3) is 0 Å². The highest BCUT2D eigenvalue weighted by atomic mass is 32.1. The Kier molecular flexibility index (Phi) is 3.48. The van der Waals surface area contributed by atoms with E-state index in [1.54, 1.807) is 18.4 Å². The van der Waals surface area contributed by atoms with Gasteiger partial charge in [-0.2, -0.15) is 0 Å². The summed E-state index contributed by atoms with van der Waals surface area (Å²) in [6, 6.07) is 5.39. The molecule has 0 saturated heterocycles. The van der Waals surface area contributed by atoms with Crippen LogP contribution in [0.4, 0.5) is 10.8 Å². The predicted molar refractivity (Wildman–Crippen MR) is 86.0 cm³/mol. The molecule has 1 amide bonds. The maximum absolute atomic E-state index is 12.0. The Bertz CT molecular complexity index is 878. The molecule has 3 aromatic rings. The first-order valence-electron chi connectivity index (χ1n) is 6.14. The lowest BCUT2D eigenvalue weighted by molar-refractivity contribution is -0.116. The number of nitrogens with zero attached hydrogens (tertiary/aromatic N) is 2. The van der Waals surface area contributed by atoms with E-state index in [-0.39, 0.29) is 17.3 Å². The molecule has 0 unspecified atom stereocenters. The number of rotatable bonds is 3. The maximum atomic E-state index is 12.0. The summed E-state index contributed by atoms with van der Waals surface area (Å²) in [6.45, 7) is 1.79. The van der Waals surface area contributed by atoms with Gasteiger partial charge in [0.05, 0.1) is 10.2 Å². The molecule has 0 atom stereocenters. The summed E-state index contributed by atoms with van der Waals surface area (Å²) in [5, 5.41) is 4.95. The smallest absolute Gasteiger partial charge is 0.307 e. The molecule has 2 aromatic heterocycles.